The molecule has 3 rings (SSSR count). The molecule has 1 aromatic rings. The second-order valence-electron chi connectivity index (χ2n) is 4.50. The van der Waals surface area contributed by atoms with Gasteiger partial charge in [0.1, 0.15) is 5.82 Å². The molecule has 2 aliphatic rings. The van der Waals surface area contributed by atoms with Crippen molar-refractivity contribution in [2.75, 3.05) is 11.9 Å². The van der Waals surface area contributed by atoms with E-state index in [0.29, 0.717) is 0 Å². The highest BCUT2D eigenvalue weighted by Crippen LogP contribution is 2.48. The van der Waals surface area contributed by atoms with Crippen LogP contribution in [0.3, 0.4) is 0 Å². The van der Waals surface area contributed by atoms with Gasteiger partial charge in [-0.25, -0.2) is 4.39 Å². The largest absolute Gasteiger partial charge is 0.384 e. The van der Waals surface area contributed by atoms with E-state index in [1.54, 1.807) is 12.1 Å². The molecule has 1 fully saturated rings. The number of fused-ring (bicyclic) bond motifs is 2. The van der Waals surface area contributed by atoms with E-state index in [0.717, 1.165) is 30.6 Å². The molecule has 0 aromatic heterocycles. The minimum absolute atomic E-state index is 0.0191. The number of rotatable bonds is 0. The van der Waals surface area contributed by atoms with Crippen LogP contribution in [0.5, 0.6) is 0 Å². The van der Waals surface area contributed by atoms with Gasteiger partial charge in [-0.05, 0) is 25.0 Å². The Kier molecular flexibility index (Phi) is 1.61. The lowest BCUT2D eigenvalue weighted by Gasteiger charge is -2.22. The van der Waals surface area contributed by atoms with Gasteiger partial charge in [0, 0.05) is 23.2 Å². The molecule has 14 heavy (non-hydrogen) atoms. The predicted molar refractivity (Wildman–Crippen MR) is 55.0 cm³/mol. The molecule has 1 spiro atoms. The van der Waals surface area contributed by atoms with Gasteiger partial charge >= 0.3 is 0 Å². The quantitative estimate of drug-likeness (QED) is 0.664. The van der Waals surface area contributed by atoms with Crippen molar-refractivity contribution in [3.8, 4) is 0 Å². The Morgan fingerprint density at radius 2 is 2.00 bits per heavy atom. The highest BCUT2D eigenvalue weighted by atomic mass is 19.1. The second-order valence-corrected chi connectivity index (χ2v) is 4.50. The van der Waals surface area contributed by atoms with Crippen LogP contribution in [0.1, 0.15) is 31.2 Å². The van der Waals surface area contributed by atoms with Gasteiger partial charge in [0.25, 0.3) is 0 Å². The highest BCUT2D eigenvalue weighted by molar-refractivity contribution is 5.61. The molecule has 1 aliphatic heterocycles. The van der Waals surface area contributed by atoms with Gasteiger partial charge in [0.05, 0.1) is 0 Å². The monoisotopic (exact) mass is 191 g/mol. The lowest BCUT2D eigenvalue weighted by molar-refractivity contribution is 0.460. The van der Waals surface area contributed by atoms with Gasteiger partial charge in [-0.2, -0.15) is 0 Å². The first-order valence-electron chi connectivity index (χ1n) is 5.35. The number of halogens is 1. The number of nitrogens with one attached hydrogen (secondary N) is 1. The molecule has 1 saturated carbocycles. The number of benzene rings is 1. The van der Waals surface area contributed by atoms with Crippen LogP contribution in [0.15, 0.2) is 18.2 Å². The van der Waals surface area contributed by atoms with Crippen LogP contribution >= 0.6 is 0 Å². The van der Waals surface area contributed by atoms with E-state index in [2.05, 4.69) is 5.32 Å². The van der Waals surface area contributed by atoms with Gasteiger partial charge in [0.15, 0.2) is 0 Å². The van der Waals surface area contributed by atoms with E-state index in [9.17, 15) is 4.39 Å². The fourth-order valence-corrected chi connectivity index (χ4v) is 3.04. The first-order chi connectivity index (χ1) is 6.82. The Labute approximate surface area is 83.3 Å². The summed E-state index contributed by atoms with van der Waals surface area (Å²) >= 11 is 0. The minimum Gasteiger partial charge on any atom is -0.384 e. The molecule has 2 heteroatoms. The zero-order valence-corrected chi connectivity index (χ0v) is 8.15. The van der Waals surface area contributed by atoms with Crippen LogP contribution in [0.25, 0.3) is 0 Å². The van der Waals surface area contributed by atoms with Crippen molar-refractivity contribution in [1.82, 2.24) is 0 Å². The van der Waals surface area contributed by atoms with Crippen LogP contribution in [0, 0.1) is 5.82 Å². The molecule has 0 amide bonds. The topological polar surface area (TPSA) is 12.0 Å². The molecule has 1 heterocycles. The van der Waals surface area contributed by atoms with Gasteiger partial charge in [-0.1, -0.05) is 18.9 Å². The summed E-state index contributed by atoms with van der Waals surface area (Å²) in [6, 6.07) is 5.37. The van der Waals surface area contributed by atoms with E-state index in [1.165, 1.54) is 12.8 Å². The maximum absolute atomic E-state index is 13.7. The normalized spacial score (nSPS) is 22.4. The summed E-state index contributed by atoms with van der Waals surface area (Å²) in [7, 11) is 0. The van der Waals surface area contributed by atoms with Crippen LogP contribution in [-0.4, -0.2) is 6.54 Å². The zero-order valence-electron chi connectivity index (χ0n) is 8.15. The summed E-state index contributed by atoms with van der Waals surface area (Å²) in [5.41, 5.74) is 2.10. The summed E-state index contributed by atoms with van der Waals surface area (Å²) < 4.78 is 13.7. The number of hydrogen-bond donors (Lipinski definition) is 1. The number of hydrogen-bond acceptors (Lipinski definition) is 1. The number of anilines is 1. The molecule has 0 saturated heterocycles. The third-order valence-corrected chi connectivity index (χ3v) is 3.72. The molecule has 1 nitrogen and oxygen atoms in total. The Morgan fingerprint density at radius 1 is 1.21 bits per heavy atom. The standard InChI is InChI=1S/C12H14FN/c13-9-4-3-5-10-11(9)12(8-14-10)6-1-2-7-12/h3-5,14H,1-2,6-8H2. The lowest BCUT2D eigenvalue weighted by atomic mass is 9.80. The third kappa shape index (κ3) is 0.941. The molecule has 0 radical (unpaired) electrons. The first kappa shape index (κ1) is 8.27. The van der Waals surface area contributed by atoms with E-state index >= 15 is 0 Å². The minimum atomic E-state index is -0.0191. The smallest absolute Gasteiger partial charge is 0.129 e. The Bertz CT molecular complexity index is 367. The van der Waals surface area contributed by atoms with Crippen molar-refractivity contribution in [3.05, 3.63) is 29.6 Å². The van der Waals surface area contributed by atoms with Gasteiger partial charge in [-0.3, -0.25) is 0 Å². The second kappa shape index (κ2) is 2.72. The fraction of sp³-hybridized carbons (Fsp3) is 0.500. The summed E-state index contributed by atoms with van der Waals surface area (Å²) in [5, 5.41) is 3.33. The molecule has 0 unspecified atom stereocenters. The van der Waals surface area contributed by atoms with E-state index in [-0.39, 0.29) is 11.2 Å². The fourth-order valence-electron chi connectivity index (χ4n) is 3.04. The van der Waals surface area contributed by atoms with Crippen molar-refractivity contribution in [2.45, 2.75) is 31.1 Å². The maximum Gasteiger partial charge on any atom is 0.129 e. The molecule has 74 valence electrons. The third-order valence-electron chi connectivity index (χ3n) is 3.72. The Morgan fingerprint density at radius 3 is 2.79 bits per heavy atom. The molecular formula is C12H14FN. The van der Waals surface area contributed by atoms with E-state index < -0.39 is 0 Å². The summed E-state index contributed by atoms with van der Waals surface area (Å²) in [5.74, 6) is -0.0191. The van der Waals surface area contributed by atoms with Crippen molar-refractivity contribution in [2.24, 2.45) is 0 Å². The van der Waals surface area contributed by atoms with E-state index in [1.807, 2.05) is 6.07 Å². The van der Waals surface area contributed by atoms with Crippen LogP contribution in [0.4, 0.5) is 10.1 Å². The van der Waals surface area contributed by atoms with Gasteiger partial charge in [0.2, 0.25) is 0 Å². The van der Waals surface area contributed by atoms with Crippen molar-refractivity contribution in [3.63, 3.8) is 0 Å². The molecule has 0 bridgehead atoms. The zero-order chi connectivity index (χ0) is 9.60. The Hall–Kier alpha value is -1.05. The average Bonchev–Trinajstić information content (AvgIpc) is 2.77. The van der Waals surface area contributed by atoms with Crippen LogP contribution in [-0.2, 0) is 5.41 Å². The van der Waals surface area contributed by atoms with Crippen molar-refractivity contribution >= 4 is 5.69 Å². The van der Waals surface area contributed by atoms with Crippen LogP contribution in [0.2, 0.25) is 0 Å². The summed E-state index contributed by atoms with van der Waals surface area (Å²) in [4.78, 5) is 0. The molecule has 0 atom stereocenters. The van der Waals surface area contributed by atoms with Crippen molar-refractivity contribution < 1.29 is 4.39 Å². The lowest BCUT2D eigenvalue weighted by Crippen LogP contribution is -2.25. The average molecular weight is 191 g/mol. The molecular weight excluding hydrogens is 177 g/mol. The summed E-state index contributed by atoms with van der Waals surface area (Å²) in [6.07, 6.45) is 4.78. The SMILES string of the molecule is Fc1cccc2c1C1(CCCC1)CN2. The summed E-state index contributed by atoms with van der Waals surface area (Å²) in [6.45, 7) is 0.934. The van der Waals surface area contributed by atoms with Gasteiger partial charge in [-0.15, -0.1) is 0 Å². The van der Waals surface area contributed by atoms with Crippen LogP contribution < -0.4 is 5.32 Å². The molecule has 1 aliphatic carbocycles. The maximum atomic E-state index is 13.7. The van der Waals surface area contributed by atoms with Crippen molar-refractivity contribution in [1.29, 1.82) is 0 Å². The molecule has 1 aromatic carbocycles. The van der Waals surface area contributed by atoms with E-state index in [4.69, 9.17) is 0 Å². The highest BCUT2D eigenvalue weighted by Gasteiger charge is 2.42. The first-order valence-corrected chi connectivity index (χ1v) is 5.35. The molecule has 1 N–H and O–H groups in total. The predicted octanol–water partition coefficient (Wildman–Crippen LogP) is 3.06. The Balaban J connectivity index is 2.16. The van der Waals surface area contributed by atoms with Gasteiger partial charge < -0.3 is 5.32 Å².